The molecule has 0 aliphatic heterocycles. The zero-order valence-electron chi connectivity index (χ0n) is 4.14. The van der Waals surface area contributed by atoms with Crippen molar-refractivity contribution in [2.45, 2.75) is 0 Å². The standard InChI is InChI=1S/C4H3FNOS/c1-7-3-2-8-4(5)6-3/h1H3. The van der Waals surface area contributed by atoms with E-state index in [1.165, 1.54) is 7.11 Å². The third kappa shape index (κ3) is 0.949. The lowest BCUT2D eigenvalue weighted by Gasteiger charge is -1.84. The zero-order chi connectivity index (χ0) is 5.98. The van der Waals surface area contributed by atoms with E-state index in [9.17, 15) is 4.39 Å². The van der Waals surface area contributed by atoms with Gasteiger partial charge in [-0.15, -0.1) is 0 Å². The van der Waals surface area contributed by atoms with E-state index in [0.29, 0.717) is 0 Å². The van der Waals surface area contributed by atoms with E-state index in [1.807, 2.05) is 0 Å². The molecule has 43 valence electrons. The van der Waals surface area contributed by atoms with Crippen LogP contribution in [0, 0.1) is 10.6 Å². The highest BCUT2D eigenvalue weighted by atomic mass is 32.1. The fraction of sp³-hybridized carbons (Fsp3) is 0.250. The highest BCUT2D eigenvalue weighted by Crippen LogP contribution is 2.11. The smallest absolute Gasteiger partial charge is 0.272 e. The van der Waals surface area contributed by atoms with Crippen LogP contribution in [0.1, 0.15) is 0 Å². The van der Waals surface area contributed by atoms with Gasteiger partial charge in [0.2, 0.25) is 5.88 Å². The van der Waals surface area contributed by atoms with Gasteiger partial charge in [0.05, 0.1) is 7.11 Å². The molecule has 0 fully saturated rings. The first kappa shape index (κ1) is 5.50. The average molecular weight is 132 g/mol. The minimum atomic E-state index is -0.512. The summed E-state index contributed by atoms with van der Waals surface area (Å²) in [6.45, 7) is 0. The minimum Gasteiger partial charge on any atom is -0.480 e. The lowest BCUT2D eigenvalue weighted by atomic mass is 10.9. The van der Waals surface area contributed by atoms with Crippen molar-refractivity contribution in [3.63, 3.8) is 0 Å². The van der Waals surface area contributed by atoms with E-state index >= 15 is 0 Å². The maximum atomic E-state index is 11.9. The van der Waals surface area contributed by atoms with E-state index < -0.39 is 5.26 Å². The van der Waals surface area contributed by atoms with Crippen LogP contribution in [0.15, 0.2) is 0 Å². The molecule has 1 radical (unpaired) electrons. The highest BCUT2D eigenvalue weighted by molar-refractivity contribution is 7.07. The monoisotopic (exact) mass is 132 g/mol. The Morgan fingerprint density at radius 3 is 2.88 bits per heavy atom. The second-order valence-corrected chi connectivity index (χ2v) is 1.82. The molecule has 0 aliphatic rings. The van der Waals surface area contributed by atoms with Crippen LogP contribution in [0.4, 0.5) is 4.39 Å². The fourth-order valence-corrected chi connectivity index (χ4v) is 0.728. The molecular formula is C4H3FNOS. The van der Waals surface area contributed by atoms with Gasteiger partial charge in [-0.1, -0.05) is 11.3 Å². The van der Waals surface area contributed by atoms with Gasteiger partial charge in [-0.2, -0.15) is 9.37 Å². The molecule has 4 heteroatoms. The first-order chi connectivity index (χ1) is 3.83. The molecule has 0 bridgehead atoms. The number of thiazole rings is 1. The first-order valence-electron chi connectivity index (χ1n) is 1.91. The zero-order valence-corrected chi connectivity index (χ0v) is 4.96. The van der Waals surface area contributed by atoms with Crippen LogP contribution >= 0.6 is 11.3 Å². The van der Waals surface area contributed by atoms with Gasteiger partial charge in [0.1, 0.15) is 5.38 Å². The van der Waals surface area contributed by atoms with Crippen molar-refractivity contribution in [2.24, 2.45) is 0 Å². The van der Waals surface area contributed by atoms with Crippen LogP contribution in [0.25, 0.3) is 0 Å². The van der Waals surface area contributed by atoms with Crippen LogP contribution in [0.5, 0.6) is 5.88 Å². The molecule has 0 spiro atoms. The van der Waals surface area contributed by atoms with Crippen molar-refractivity contribution in [3.8, 4) is 5.88 Å². The van der Waals surface area contributed by atoms with Gasteiger partial charge >= 0.3 is 0 Å². The number of hydrogen-bond donors (Lipinski definition) is 0. The van der Waals surface area contributed by atoms with E-state index in [1.54, 1.807) is 0 Å². The normalized spacial score (nSPS) is 9.25. The molecule has 0 atom stereocenters. The maximum absolute atomic E-state index is 11.9. The second kappa shape index (κ2) is 2.09. The van der Waals surface area contributed by atoms with Crippen LogP contribution in [0.2, 0.25) is 0 Å². The molecule has 1 aromatic rings. The summed E-state index contributed by atoms with van der Waals surface area (Å²) in [5.74, 6) is 0.215. The molecule has 1 heterocycles. The largest absolute Gasteiger partial charge is 0.480 e. The third-order valence-corrected chi connectivity index (χ3v) is 1.14. The van der Waals surface area contributed by atoms with Gasteiger partial charge in [-0.3, -0.25) is 0 Å². The highest BCUT2D eigenvalue weighted by Gasteiger charge is 1.97. The van der Waals surface area contributed by atoms with Gasteiger partial charge in [-0.05, 0) is 0 Å². The molecule has 0 N–H and O–H groups in total. The van der Waals surface area contributed by atoms with Crippen molar-refractivity contribution >= 4 is 11.3 Å². The van der Waals surface area contributed by atoms with Gasteiger partial charge in [-0.25, -0.2) is 0 Å². The Bertz CT molecular complexity index is 176. The number of ether oxygens (including phenoxy) is 1. The Morgan fingerprint density at radius 1 is 1.88 bits per heavy atom. The Balaban J connectivity index is 2.84. The lowest BCUT2D eigenvalue weighted by molar-refractivity contribution is 0.393. The van der Waals surface area contributed by atoms with Crippen LogP contribution in [-0.2, 0) is 0 Å². The number of rotatable bonds is 1. The number of hydrogen-bond acceptors (Lipinski definition) is 3. The number of methoxy groups -OCH3 is 1. The number of halogens is 1. The van der Waals surface area contributed by atoms with Gasteiger partial charge in [0, 0.05) is 0 Å². The summed E-state index contributed by atoms with van der Waals surface area (Å²) in [6.07, 6.45) is 0. The van der Waals surface area contributed by atoms with Gasteiger partial charge in [0.15, 0.2) is 0 Å². The number of aromatic nitrogens is 1. The quantitative estimate of drug-likeness (QED) is 0.570. The topological polar surface area (TPSA) is 22.1 Å². The molecule has 2 nitrogen and oxygen atoms in total. The third-order valence-electron chi connectivity index (χ3n) is 0.605. The molecule has 8 heavy (non-hydrogen) atoms. The van der Waals surface area contributed by atoms with Crippen molar-refractivity contribution in [2.75, 3.05) is 7.11 Å². The summed E-state index contributed by atoms with van der Waals surface area (Å²) in [6, 6.07) is 0. The molecule has 0 aromatic carbocycles. The molecular weight excluding hydrogens is 129 g/mol. The summed E-state index contributed by atoms with van der Waals surface area (Å²) in [7, 11) is 1.42. The molecule has 1 aromatic heterocycles. The molecule has 0 amide bonds. The minimum absolute atomic E-state index is 0.215. The SMILES string of the molecule is COc1[c]sc(F)n1. The van der Waals surface area contributed by atoms with Crippen molar-refractivity contribution < 1.29 is 9.13 Å². The molecule has 1 rings (SSSR count). The van der Waals surface area contributed by atoms with E-state index in [4.69, 9.17) is 0 Å². The Labute approximate surface area is 49.9 Å². The van der Waals surface area contributed by atoms with Crippen molar-refractivity contribution in [3.05, 3.63) is 10.6 Å². The van der Waals surface area contributed by atoms with E-state index in [2.05, 4.69) is 15.1 Å². The molecule has 0 saturated carbocycles. The summed E-state index contributed by atoms with van der Waals surface area (Å²) < 4.78 is 16.4. The fourth-order valence-electron chi connectivity index (χ4n) is 0.299. The van der Waals surface area contributed by atoms with Gasteiger partial charge < -0.3 is 4.74 Å². The molecule has 0 saturated heterocycles. The summed E-state index contributed by atoms with van der Waals surface area (Å²) in [5.41, 5.74) is 0. The Kier molecular flexibility index (Phi) is 1.43. The average Bonchev–Trinajstić information content (AvgIpc) is 2.14. The van der Waals surface area contributed by atoms with Crippen LogP contribution in [-0.4, -0.2) is 12.1 Å². The van der Waals surface area contributed by atoms with Crippen molar-refractivity contribution in [1.82, 2.24) is 4.98 Å². The lowest BCUT2D eigenvalue weighted by Crippen LogP contribution is -1.80. The number of nitrogens with zero attached hydrogens (tertiary/aromatic N) is 1. The predicted molar refractivity (Wildman–Crippen MR) is 27.5 cm³/mol. The Morgan fingerprint density at radius 2 is 2.62 bits per heavy atom. The second-order valence-electron chi connectivity index (χ2n) is 1.08. The predicted octanol–water partition coefficient (Wildman–Crippen LogP) is 1.09. The summed E-state index contributed by atoms with van der Waals surface area (Å²) >= 11 is 0.801. The summed E-state index contributed by atoms with van der Waals surface area (Å²) in [5, 5.41) is 1.98. The first-order valence-corrected chi connectivity index (χ1v) is 2.72. The molecule has 0 unspecified atom stereocenters. The van der Waals surface area contributed by atoms with Gasteiger partial charge in [0.25, 0.3) is 5.26 Å². The van der Waals surface area contributed by atoms with Crippen LogP contribution < -0.4 is 4.74 Å². The van der Waals surface area contributed by atoms with E-state index in [0.717, 1.165) is 11.3 Å². The molecule has 0 aliphatic carbocycles. The Hall–Kier alpha value is -0.640. The van der Waals surface area contributed by atoms with Crippen LogP contribution in [0.3, 0.4) is 0 Å². The van der Waals surface area contributed by atoms with E-state index in [-0.39, 0.29) is 5.88 Å². The van der Waals surface area contributed by atoms with Crippen molar-refractivity contribution in [1.29, 1.82) is 0 Å². The summed E-state index contributed by atoms with van der Waals surface area (Å²) in [4.78, 5) is 3.30. The maximum Gasteiger partial charge on any atom is 0.272 e.